The van der Waals surface area contributed by atoms with E-state index in [1.165, 1.54) is 6.33 Å². The van der Waals surface area contributed by atoms with E-state index in [2.05, 4.69) is 15.0 Å². The van der Waals surface area contributed by atoms with Gasteiger partial charge in [0.2, 0.25) is 0 Å². The SMILES string of the molecule is CN(Cc1ccncc1)C(=O)c1ccncn1. The first-order chi connectivity index (χ1) is 8.27. The standard InChI is InChI=1S/C12H12N4O/c1-16(8-10-2-5-13-6-3-10)12(17)11-4-7-14-9-15-11/h2-7,9H,8H2,1H3. The summed E-state index contributed by atoms with van der Waals surface area (Å²) in [6.07, 6.45) is 6.34. The van der Waals surface area contributed by atoms with Crippen LogP contribution in [0.2, 0.25) is 0 Å². The highest BCUT2D eigenvalue weighted by Gasteiger charge is 2.12. The molecule has 2 aromatic rings. The second kappa shape index (κ2) is 5.16. The van der Waals surface area contributed by atoms with Gasteiger partial charge in [0.25, 0.3) is 5.91 Å². The van der Waals surface area contributed by atoms with Gasteiger partial charge in [0, 0.05) is 32.2 Å². The summed E-state index contributed by atoms with van der Waals surface area (Å²) in [6, 6.07) is 5.36. The Hall–Kier alpha value is -2.30. The molecule has 0 bridgehead atoms. The molecule has 0 saturated heterocycles. The van der Waals surface area contributed by atoms with Gasteiger partial charge < -0.3 is 4.90 Å². The highest BCUT2D eigenvalue weighted by atomic mass is 16.2. The van der Waals surface area contributed by atoms with E-state index >= 15 is 0 Å². The first-order valence-electron chi connectivity index (χ1n) is 5.18. The highest BCUT2D eigenvalue weighted by Crippen LogP contribution is 2.04. The van der Waals surface area contributed by atoms with Crippen LogP contribution in [0.3, 0.4) is 0 Å². The first-order valence-corrected chi connectivity index (χ1v) is 5.18. The molecule has 0 aliphatic heterocycles. The Kier molecular flexibility index (Phi) is 3.40. The van der Waals surface area contributed by atoms with Gasteiger partial charge in [-0.2, -0.15) is 0 Å². The molecule has 0 spiro atoms. The topological polar surface area (TPSA) is 59.0 Å². The molecule has 0 aromatic carbocycles. The van der Waals surface area contributed by atoms with Crippen LogP contribution in [0.5, 0.6) is 0 Å². The van der Waals surface area contributed by atoms with Crippen LogP contribution in [0.25, 0.3) is 0 Å². The maximum atomic E-state index is 12.0. The lowest BCUT2D eigenvalue weighted by Gasteiger charge is -2.16. The van der Waals surface area contributed by atoms with Crippen LogP contribution in [0.1, 0.15) is 16.1 Å². The van der Waals surface area contributed by atoms with Crippen molar-refractivity contribution >= 4 is 5.91 Å². The van der Waals surface area contributed by atoms with E-state index in [-0.39, 0.29) is 5.91 Å². The summed E-state index contributed by atoms with van der Waals surface area (Å²) in [4.78, 5) is 25.2. The summed E-state index contributed by atoms with van der Waals surface area (Å²) < 4.78 is 0. The van der Waals surface area contributed by atoms with Crippen LogP contribution in [0.4, 0.5) is 0 Å². The van der Waals surface area contributed by atoms with E-state index < -0.39 is 0 Å². The summed E-state index contributed by atoms with van der Waals surface area (Å²) in [5, 5.41) is 0. The van der Waals surface area contributed by atoms with Gasteiger partial charge in [0.1, 0.15) is 12.0 Å². The maximum absolute atomic E-state index is 12.0. The van der Waals surface area contributed by atoms with Crippen molar-refractivity contribution in [2.45, 2.75) is 6.54 Å². The van der Waals surface area contributed by atoms with Crippen LogP contribution in [0.15, 0.2) is 43.1 Å². The van der Waals surface area contributed by atoms with Crippen molar-refractivity contribution in [3.63, 3.8) is 0 Å². The van der Waals surface area contributed by atoms with E-state index in [9.17, 15) is 4.79 Å². The Morgan fingerprint density at radius 2 is 1.88 bits per heavy atom. The third-order valence-corrected chi connectivity index (χ3v) is 2.32. The average Bonchev–Trinajstić information content (AvgIpc) is 2.40. The minimum atomic E-state index is -0.121. The quantitative estimate of drug-likeness (QED) is 0.790. The molecule has 0 unspecified atom stereocenters. The van der Waals surface area contributed by atoms with Gasteiger partial charge in [-0.1, -0.05) is 0 Å². The lowest BCUT2D eigenvalue weighted by molar-refractivity contribution is 0.0779. The molecular weight excluding hydrogens is 216 g/mol. The van der Waals surface area contributed by atoms with Crippen LogP contribution in [-0.4, -0.2) is 32.8 Å². The number of hydrogen-bond acceptors (Lipinski definition) is 4. The first kappa shape index (κ1) is 11.2. The fraction of sp³-hybridized carbons (Fsp3) is 0.167. The van der Waals surface area contributed by atoms with Crippen molar-refractivity contribution in [1.29, 1.82) is 0 Å². The van der Waals surface area contributed by atoms with Crippen molar-refractivity contribution in [3.8, 4) is 0 Å². The molecule has 0 radical (unpaired) electrons. The lowest BCUT2D eigenvalue weighted by atomic mass is 10.2. The highest BCUT2D eigenvalue weighted by molar-refractivity contribution is 5.91. The predicted octanol–water partition coefficient (Wildman–Crippen LogP) is 1.14. The fourth-order valence-electron chi connectivity index (χ4n) is 1.45. The molecule has 0 aliphatic rings. The molecule has 0 atom stereocenters. The summed E-state index contributed by atoms with van der Waals surface area (Å²) in [5.74, 6) is -0.121. The number of aromatic nitrogens is 3. The molecule has 86 valence electrons. The molecule has 2 rings (SSSR count). The van der Waals surface area contributed by atoms with Crippen LogP contribution in [-0.2, 0) is 6.54 Å². The number of pyridine rings is 1. The van der Waals surface area contributed by atoms with Gasteiger partial charge in [-0.05, 0) is 23.8 Å². The molecule has 1 amide bonds. The van der Waals surface area contributed by atoms with Gasteiger partial charge in [0.05, 0.1) is 0 Å². The number of rotatable bonds is 3. The Labute approximate surface area is 99.2 Å². The van der Waals surface area contributed by atoms with E-state index in [4.69, 9.17) is 0 Å². The van der Waals surface area contributed by atoms with Gasteiger partial charge in [-0.3, -0.25) is 9.78 Å². The smallest absolute Gasteiger partial charge is 0.272 e. The fourth-order valence-corrected chi connectivity index (χ4v) is 1.45. The summed E-state index contributed by atoms with van der Waals surface area (Å²) in [7, 11) is 1.74. The normalized spacial score (nSPS) is 9.94. The Balaban J connectivity index is 2.06. The Morgan fingerprint density at radius 3 is 2.53 bits per heavy atom. The number of carbonyl (C=O) groups is 1. The molecule has 2 aromatic heterocycles. The number of amides is 1. The Morgan fingerprint density at radius 1 is 1.18 bits per heavy atom. The Bertz CT molecular complexity index is 486. The van der Waals surface area contributed by atoms with E-state index in [0.717, 1.165) is 5.56 Å². The molecule has 17 heavy (non-hydrogen) atoms. The van der Waals surface area contributed by atoms with Crippen molar-refractivity contribution in [2.75, 3.05) is 7.05 Å². The van der Waals surface area contributed by atoms with Crippen LogP contribution < -0.4 is 0 Å². The number of carbonyl (C=O) groups excluding carboxylic acids is 1. The average molecular weight is 228 g/mol. The monoisotopic (exact) mass is 228 g/mol. The van der Waals surface area contributed by atoms with Crippen LogP contribution >= 0.6 is 0 Å². The summed E-state index contributed by atoms with van der Waals surface area (Å²) in [6.45, 7) is 0.533. The van der Waals surface area contributed by atoms with E-state index in [1.54, 1.807) is 36.6 Å². The zero-order valence-corrected chi connectivity index (χ0v) is 9.45. The van der Waals surface area contributed by atoms with Crippen molar-refractivity contribution in [2.24, 2.45) is 0 Å². The largest absolute Gasteiger partial charge is 0.336 e. The number of nitrogens with zero attached hydrogens (tertiary/aromatic N) is 4. The number of hydrogen-bond donors (Lipinski definition) is 0. The molecule has 0 fully saturated rings. The van der Waals surface area contributed by atoms with E-state index in [1.807, 2.05) is 12.1 Å². The second-order valence-corrected chi connectivity index (χ2v) is 3.61. The molecule has 5 heteroatoms. The molecule has 0 aliphatic carbocycles. The predicted molar refractivity (Wildman–Crippen MR) is 62.1 cm³/mol. The zero-order valence-electron chi connectivity index (χ0n) is 9.45. The van der Waals surface area contributed by atoms with Crippen molar-refractivity contribution in [1.82, 2.24) is 19.9 Å². The molecule has 5 nitrogen and oxygen atoms in total. The molecular formula is C12H12N4O. The minimum absolute atomic E-state index is 0.121. The van der Waals surface area contributed by atoms with Gasteiger partial charge in [-0.15, -0.1) is 0 Å². The molecule has 0 saturated carbocycles. The summed E-state index contributed by atoms with van der Waals surface area (Å²) in [5.41, 5.74) is 1.43. The van der Waals surface area contributed by atoms with Gasteiger partial charge in [-0.25, -0.2) is 9.97 Å². The van der Waals surface area contributed by atoms with Crippen molar-refractivity contribution < 1.29 is 4.79 Å². The summed E-state index contributed by atoms with van der Waals surface area (Å²) >= 11 is 0. The van der Waals surface area contributed by atoms with Gasteiger partial charge >= 0.3 is 0 Å². The second-order valence-electron chi connectivity index (χ2n) is 3.61. The van der Waals surface area contributed by atoms with Gasteiger partial charge in [0.15, 0.2) is 0 Å². The van der Waals surface area contributed by atoms with Crippen LogP contribution in [0, 0.1) is 0 Å². The lowest BCUT2D eigenvalue weighted by Crippen LogP contribution is -2.26. The maximum Gasteiger partial charge on any atom is 0.272 e. The molecule has 0 N–H and O–H groups in total. The van der Waals surface area contributed by atoms with E-state index in [0.29, 0.717) is 12.2 Å². The van der Waals surface area contributed by atoms with Crippen molar-refractivity contribution in [3.05, 3.63) is 54.4 Å². The zero-order chi connectivity index (χ0) is 12.1. The third kappa shape index (κ3) is 2.84. The molecule has 2 heterocycles. The minimum Gasteiger partial charge on any atom is -0.336 e. The third-order valence-electron chi connectivity index (χ3n) is 2.32.